The molecule has 1 amide bonds. The molecule has 0 aromatic heterocycles. The molecule has 2 atom stereocenters. The molecule has 1 saturated heterocycles. The maximum atomic E-state index is 11.7. The Balaban J connectivity index is 2.47. The van der Waals surface area contributed by atoms with E-state index in [4.69, 9.17) is 10.5 Å². The van der Waals surface area contributed by atoms with Gasteiger partial charge in [0.1, 0.15) is 5.60 Å². The Labute approximate surface area is 123 Å². The van der Waals surface area contributed by atoms with Crippen LogP contribution < -0.4 is 11.1 Å². The lowest BCUT2D eigenvalue weighted by molar-refractivity contribution is 0.0499. The number of nitrogens with one attached hydrogen (secondary N) is 1. The summed E-state index contributed by atoms with van der Waals surface area (Å²) in [5.74, 6) is 0. The normalized spacial score (nSPS) is 22.9. The molecule has 1 aliphatic heterocycles. The van der Waals surface area contributed by atoms with Gasteiger partial charge < -0.3 is 15.8 Å². The van der Waals surface area contributed by atoms with E-state index >= 15 is 0 Å². The molecule has 1 heterocycles. The summed E-state index contributed by atoms with van der Waals surface area (Å²) in [6.07, 6.45) is 4.64. The topological polar surface area (TPSA) is 67.6 Å². The molecule has 0 aromatic carbocycles. The number of amides is 1. The largest absolute Gasteiger partial charge is 0.444 e. The number of alkyl carbamates (subject to hydrolysis) is 1. The van der Waals surface area contributed by atoms with Crippen molar-refractivity contribution < 1.29 is 9.53 Å². The lowest BCUT2D eigenvalue weighted by atomic mass is 10.1. The van der Waals surface area contributed by atoms with Gasteiger partial charge in [0.25, 0.3) is 0 Å². The number of rotatable bonds is 4. The Morgan fingerprint density at radius 2 is 2.10 bits per heavy atom. The molecule has 5 heteroatoms. The average molecular weight is 285 g/mol. The second kappa shape index (κ2) is 7.84. The van der Waals surface area contributed by atoms with Gasteiger partial charge in [-0.2, -0.15) is 0 Å². The third-order valence-electron chi connectivity index (χ3n) is 3.73. The summed E-state index contributed by atoms with van der Waals surface area (Å²) in [6, 6.07) is 0.724. The maximum absolute atomic E-state index is 11.7. The Kier molecular flexibility index (Phi) is 6.76. The van der Waals surface area contributed by atoms with Crippen molar-refractivity contribution in [1.82, 2.24) is 10.2 Å². The van der Waals surface area contributed by atoms with Crippen LogP contribution in [0.25, 0.3) is 0 Å². The van der Waals surface area contributed by atoms with Crippen LogP contribution in [-0.2, 0) is 4.74 Å². The van der Waals surface area contributed by atoms with Gasteiger partial charge in [-0.15, -0.1) is 0 Å². The smallest absolute Gasteiger partial charge is 0.407 e. The zero-order chi connectivity index (χ0) is 15.2. The molecule has 20 heavy (non-hydrogen) atoms. The minimum absolute atomic E-state index is 0.190. The van der Waals surface area contributed by atoms with Crippen LogP contribution in [0.15, 0.2) is 0 Å². The zero-order valence-corrected chi connectivity index (χ0v) is 13.4. The number of carbonyl (C=O) groups is 1. The summed E-state index contributed by atoms with van der Waals surface area (Å²) in [6.45, 7) is 10.0. The molecule has 118 valence electrons. The van der Waals surface area contributed by atoms with Crippen LogP contribution in [-0.4, -0.2) is 48.3 Å². The fourth-order valence-corrected chi connectivity index (χ4v) is 2.69. The predicted molar refractivity (Wildman–Crippen MR) is 81.7 cm³/mol. The van der Waals surface area contributed by atoms with Gasteiger partial charge in [0, 0.05) is 25.2 Å². The quantitative estimate of drug-likeness (QED) is 0.830. The summed E-state index contributed by atoms with van der Waals surface area (Å²) >= 11 is 0. The highest BCUT2D eigenvalue weighted by Gasteiger charge is 2.25. The van der Waals surface area contributed by atoms with Crippen molar-refractivity contribution in [2.45, 2.75) is 71.1 Å². The fourth-order valence-electron chi connectivity index (χ4n) is 2.69. The highest BCUT2D eigenvalue weighted by atomic mass is 16.6. The van der Waals surface area contributed by atoms with Gasteiger partial charge in [-0.1, -0.05) is 12.8 Å². The first kappa shape index (κ1) is 17.2. The van der Waals surface area contributed by atoms with Crippen LogP contribution in [0, 0.1) is 0 Å². The Morgan fingerprint density at radius 3 is 2.70 bits per heavy atom. The maximum Gasteiger partial charge on any atom is 0.407 e. The number of hydrogen-bond acceptors (Lipinski definition) is 4. The first-order chi connectivity index (χ1) is 9.33. The van der Waals surface area contributed by atoms with E-state index in [-0.39, 0.29) is 12.1 Å². The number of nitrogens with zero attached hydrogens (tertiary/aromatic N) is 1. The first-order valence-corrected chi connectivity index (χ1v) is 7.76. The third-order valence-corrected chi connectivity index (χ3v) is 3.73. The van der Waals surface area contributed by atoms with Crippen molar-refractivity contribution in [3.05, 3.63) is 0 Å². The highest BCUT2D eigenvalue weighted by Crippen LogP contribution is 2.18. The molecule has 1 aliphatic rings. The van der Waals surface area contributed by atoms with Crippen LogP contribution in [0.2, 0.25) is 0 Å². The van der Waals surface area contributed by atoms with Gasteiger partial charge in [-0.25, -0.2) is 4.79 Å². The molecule has 0 saturated carbocycles. The standard InChI is InChI=1S/C15H31N3O2/c1-12-8-6-5-7-9-18(12)13(10-16)11-17-14(19)20-15(2,3)4/h12-13H,5-11,16H2,1-4H3,(H,17,19). The van der Waals surface area contributed by atoms with E-state index in [0.29, 0.717) is 19.1 Å². The molecule has 0 bridgehead atoms. The third kappa shape index (κ3) is 6.09. The molecule has 0 spiro atoms. The van der Waals surface area contributed by atoms with E-state index in [9.17, 15) is 4.79 Å². The minimum Gasteiger partial charge on any atom is -0.444 e. The number of ether oxygens (including phenoxy) is 1. The van der Waals surface area contributed by atoms with Crippen molar-refractivity contribution in [3.8, 4) is 0 Å². The molecule has 0 radical (unpaired) electrons. The molecule has 0 aromatic rings. The Bertz CT molecular complexity index is 302. The molecule has 1 fully saturated rings. The van der Waals surface area contributed by atoms with E-state index in [1.165, 1.54) is 25.7 Å². The van der Waals surface area contributed by atoms with Crippen molar-refractivity contribution in [2.24, 2.45) is 5.73 Å². The molecule has 3 N–H and O–H groups in total. The van der Waals surface area contributed by atoms with Crippen LogP contribution in [0.4, 0.5) is 4.79 Å². The monoisotopic (exact) mass is 285 g/mol. The van der Waals surface area contributed by atoms with Crippen LogP contribution >= 0.6 is 0 Å². The molecular formula is C15H31N3O2. The van der Waals surface area contributed by atoms with Crippen molar-refractivity contribution in [1.29, 1.82) is 0 Å². The van der Waals surface area contributed by atoms with E-state index in [1.54, 1.807) is 0 Å². The number of hydrogen-bond donors (Lipinski definition) is 2. The SMILES string of the molecule is CC1CCCCCN1C(CN)CNC(=O)OC(C)(C)C. The van der Waals surface area contributed by atoms with E-state index in [0.717, 1.165) is 6.54 Å². The van der Waals surface area contributed by atoms with E-state index in [1.807, 2.05) is 20.8 Å². The molecule has 0 aliphatic carbocycles. The van der Waals surface area contributed by atoms with Gasteiger partial charge in [0.2, 0.25) is 0 Å². The van der Waals surface area contributed by atoms with Crippen LogP contribution in [0.1, 0.15) is 53.4 Å². The highest BCUT2D eigenvalue weighted by molar-refractivity contribution is 5.67. The van der Waals surface area contributed by atoms with Gasteiger partial charge >= 0.3 is 6.09 Å². The van der Waals surface area contributed by atoms with Crippen molar-refractivity contribution in [3.63, 3.8) is 0 Å². The van der Waals surface area contributed by atoms with Crippen LogP contribution in [0.5, 0.6) is 0 Å². The van der Waals surface area contributed by atoms with Crippen LogP contribution in [0.3, 0.4) is 0 Å². The lowest BCUT2D eigenvalue weighted by Crippen LogP contribution is -2.51. The fraction of sp³-hybridized carbons (Fsp3) is 0.933. The number of nitrogens with two attached hydrogens (primary N) is 1. The van der Waals surface area contributed by atoms with E-state index < -0.39 is 5.60 Å². The van der Waals surface area contributed by atoms with Gasteiger partial charge in [-0.3, -0.25) is 4.90 Å². The first-order valence-electron chi connectivity index (χ1n) is 7.76. The molecule has 5 nitrogen and oxygen atoms in total. The zero-order valence-electron chi connectivity index (χ0n) is 13.4. The lowest BCUT2D eigenvalue weighted by Gasteiger charge is -2.34. The second-order valence-electron chi connectivity index (χ2n) is 6.71. The minimum atomic E-state index is -0.460. The van der Waals surface area contributed by atoms with E-state index in [2.05, 4.69) is 17.1 Å². The van der Waals surface area contributed by atoms with Gasteiger partial charge in [-0.05, 0) is 47.1 Å². The summed E-state index contributed by atoms with van der Waals surface area (Å²) < 4.78 is 5.26. The summed E-state index contributed by atoms with van der Waals surface area (Å²) in [4.78, 5) is 14.2. The van der Waals surface area contributed by atoms with Crippen molar-refractivity contribution >= 4 is 6.09 Å². The Hall–Kier alpha value is -0.810. The molecule has 2 unspecified atom stereocenters. The average Bonchev–Trinajstić information content (AvgIpc) is 2.53. The summed E-state index contributed by atoms with van der Waals surface area (Å²) in [5, 5.41) is 2.85. The predicted octanol–water partition coefficient (Wildman–Crippen LogP) is 2.10. The van der Waals surface area contributed by atoms with Crippen molar-refractivity contribution in [2.75, 3.05) is 19.6 Å². The molecular weight excluding hydrogens is 254 g/mol. The number of likely N-dealkylation sites (tertiary alicyclic amines) is 1. The van der Waals surface area contributed by atoms with Gasteiger partial charge in [0.15, 0.2) is 0 Å². The number of carbonyl (C=O) groups excluding carboxylic acids is 1. The Morgan fingerprint density at radius 1 is 1.40 bits per heavy atom. The summed E-state index contributed by atoms with van der Waals surface area (Å²) in [7, 11) is 0. The molecule has 1 rings (SSSR count). The summed E-state index contributed by atoms with van der Waals surface area (Å²) in [5.41, 5.74) is 5.44. The van der Waals surface area contributed by atoms with Gasteiger partial charge in [0.05, 0.1) is 0 Å². The second-order valence-corrected chi connectivity index (χ2v) is 6.71.